The lowest BCUT2D eigenvalue weighted by Gasteiger charge is -2.22. The first kappa shape index (κ1) is 19.2. The van der Waals surface area contributed by atoms with Crippen LogP contribution >= 0.6 is 0 Å². The molecule has 1 rings (SSSR count). The van der Waals surface area contributed by atoms with E-state index in [2.05, 4.69) is 19.6 Å². The molecular weight excluding hydrogens is 276 g/mol. The Kier molecular flexibility index (Phi) is 10.7. The van der Waals surface area contributed by atoms with Crippen LogP contribution < -0.4 is 0 Å². The van der Waals surface area contributed by atoms with Crippen molar-refractivity contribution < 1.29 is 9.47 Å². The summed E-state index contributed by atoms with van der Waals surface area (Å²) in [6, 6.07) is 1.51. The molecular formula is C18H38O2Si. The minimum absolute atomic E-state index is 0.102. The summed E-state index contributed by atoms with van der Waals surface area (Å²) < 4.78 is 11.3. The van der Waals surface area contributed by atoms with Crippen LogP contribution in [0.1, 0.15) is 70.6 Å². The van der Waals surface area contributed by atoms with Gasteiger partial charge in [0.25, 0.3) is 0 Å². The molecule has 0 amide bonds. The number of ether oxygens (including phenoxy) is 2. The van der Waals surface area contributed by atoms with E-state index in [1.807, 2.05) is 0 Å². The molecule has 0 aromatic heterocycles. The van der Waals surface area contributed by atoms with Crippen molar-refractivity contribution >= 4 is 8.07 Å². The number of hydrogen-bond donors (Lipinski definition) is 0. The maximum atomic E-state index is 5.76. The highest BCUT2D eigenvalue weighted by atomic mass is 28.3. The molecule has 0 aromatic rings. The van der Waals surface area contributed by atoms with Crippen LogP contribution in [0.25, 0.3) is 0 Å². The van der Waals surface area contributed by atoms with Gasteiger partial charge in [0.2, 0.25) is 0 Å². The maximum Gasteiger partial charge on any atom is 0.157 e. The molecule has 0 spiro atoms. The van der Waals surface area contributed by atoms with Gasteiger partial charge in [-0.15, -0.1) is 0 Å². The maximum absolute atomic E-state index is 5.76. The Morgan fingerprint density at radius 2 is 1.48 bits per heavy atom. The molecule has 2 nitrogen and oxygen atoms in total. The molecule has 1 aliphatic heterocycles. The SMILES string of the molecule is C[Si](C)(C)CCCCCCCCCCOC1CCCCO1. The van der Waals surface area contributed by atoms with Crippen molar-refractivity contribution in [1.82, 2.24) is 0 Å². The van der Waals surface area contributed by atoms with Crippen LogP contribution in [0.4, 0.5) is 0 Å². The molecule has 0 radical (unpaired) electrons. The molecule has 126 valence electrons. The summed E-state index contributed by atoms with van der Waals surface area (Å²) in [6.45, 7) is 9.22. The largest absolute Gasteiger partial charge is 0.353 e. The predicted molar refractivity (Wildman–Crippen MR) is 94.6 cm³/mol. The predicted octanol–water partition coefficient (Wildman–Crippen LogP) is 5.99. The molecule has 1 fully saturated rings. The van der Waals surface area contributed by atoms with Crippen LogP contribution in [0.2, 0.25) is 25.7 Å². The zero-order valence-electron chi connectivity index (χ0n) is 14.8. The highest BCUT2D eigenvalue weighted by molar-refractivity contribution is 6.76. The van der Waals surface area contributed by atoms with Gasteiger partial charge in [-0.05, 0) is 25.7 Å². The first-order valence-corrected chi connectivity index (χ1v) is 13.0. The van der Waals surface area contributed by atoms with Gasteiger partial charge in [0.05, 0.1) is 0 Å². The van der Waals surface area contributed by atoms with E-state index < -0.39 is 8.07 Å². The number of hydrogen-bond acceptors (Lipinski definition) is 2. The molecule has 1 atom stereocenters. The highest BCUT2D eigenvalue weighted by Crippen LogP contribution is 2.17. The summed E-state index contributed by atoms with van der Waals surface area (Å²) in [7, 11) is -0.786. The average Bonchev–Trinajstić information content (AvgIpc) is 2.44. The van der Waals surface area contributed by atoms with Gasteiger partial charge in [0, 0.05) is 21.3 Å². The molecule has 0 N–H and O–H groups in total. The van der Waals surface area contributed by atoms with Crippen LogP contribution in [-0.2, 0) is 9.47 Å². The summed E-state index contributed by atoms with van der Waals surface area (Å²) in [5.74, 6) is 0. The van der Waals surface area contributed by atoms with E-state index in [0.717, 1.165) is 19.6 Å². The van der Waals surface area contributed by atoms with Gasteiger partial charge in [-0.2, -0.15) is 0 Å². The van der Waals surface area contributed by atoms with Crippen LogP contribution in [0.15, 0.2) is 0 Å². The van der Waals surface area contributed by atoms with Gasteiger partial charge in [-0.1, -0.05) is 70.6 Å². The Bertz CT molecular complexity index is 232. The number of unbranched alkanes of at least 4 members (excludes halogenated alkanes) is 7. The Balaban J connectivity index is 1.74. The second-order valence-corrected chi connectivity index (χ2v) is 13.4. The fourth-order valence-corrected chi connectivity index (χ4v) is 4.19. The zero-order valence-corrected chi connectivity index (χ0v) is 15.8. The lowest BCUT2D eigenvalue weighted by atomic mass is 10.1. The van der Waals surface area contributed by atoms with Gasteiger partial charge in [-0.25, -0.2) is 0 Å². The van der Waals surface area contributed by atoms with Crippen LogP contribution in [0.3, 0.4) is 0 Å². The summed E-state index contributed by atoms with van der Waals surface area (Å²) >= 11 is 0. The quantitative estimate of drug-likeness (QED) is 0.325. The summed E-state index contributed by atoms with van der Waals surface area (Å²) in [6.07, 6.45) is 14.8. The van der Waals surface area contributed by atoms with Crippen LogP contribution in [0.5, 0.6) is 0 Å². The van der Waals surface area contributed by atoms with Crippen molar-refractivity contribution in [3.63, 3.8) is 0 Å². The summed E-state index contributed by atoms with van der Waals surface area (Å²) in [5.41, 5.74) is 0. The van der Waals surface area contributed by atoms with Crippen molar-refractivity contribution in [2.24, 2.45) is 0 Å². The van der Waals surface area contributed by atoms with E-state index in [-0.39, 0.29) is 6.29 Å². The van der Waals surface area contributed by atoms with E-state index in [1.54, 1.807) is 0 Å². The molecule has 21 heavy (non-hydrogen) atoms. The fourth-order valence-electron chi connectivity index (χ4n) is 2.88. The smallest absolute Gasteiger partial charge is 0.157 e. The third kappa shape index (κ3) is 12.4. The van der Waals surface area contributed by atoms with Crippen molar-refractivity contribution in [3.05, 3.63) is 0 Å². The van der Waals surface area contributed by atoms with Gasteiger partial charge >= 0.3 is 0 Å². The van der Waals surface area contributed by atoms with E-state index in [4.69, 9.17) is 9.47 Å². The molecule has 0 bridgehead atoms. The van der Waals surface area contributed by atoms with E-state index in [0.29, 0.717) is 0 Å². The third-order valence-corrected chi connectivity index (χ3v) is 6.12. The molecule has 1 saturated heterocycles. The third-order valence-electron chi connectivity index (χ3n) is 4.26. The average molecular weight is 315 g/mol. The van der Waals surface area contributed by atoms with Crippen LogP contribution in [-0.4, -0.2) is 27.6 Å². The normalized spacial score (nSPS) is 19.9. The van der Waals surface area contributed by atoms with Crippen molar-refractivity contribution in [3.8, 4) is 0 Å². The lowest BCUT2D eigenvalue weighted by Crippen LogP contribution is -2.22. The van der Waals surface area contributed by atoms with Gasteiger partial charge < -0.3 is 9.47 Å². The second-order valence-electron chi connectivity index (χ2n) is 7.81. The Morgan fingerprint density at radius 3 is 2.05 bits per heavy atom. The monoisotopic (exact) mass is 314 g/mol. The first-order valence-electron chi connectivity index (χ1n) is 9.31. The molecule has 1 unspecified atom stereocenters. The lowest BCUT2D eigenvalue weighted by molar-refractivity contribution is -0.162. The molecule has 0 aliphatic carbocycles. The van der Waals surface area contributed by atoms with E-state index in [9.17, 15) is 0 Å². The molecule has 1 aliphatic rings. The van der Waals surface area contributed by atoms with Crippen molar-refractivity contribution in [2.75, 3.05) is 13.2 Å². The fraction of sp³-hybridized carbons (Fsp3) is 1.00. The van der Waals surface area contributed by atoms with E-state index >= 15 is 0 Å². The highest BCUT2D eigenvalue weighted by Gasteiger charge is 2.13. The van der Waals surface area contributed by atoms with Gasteiger partial charge in [-0.3, -0.25) is 0 Å². The summed E-state index contributed by atoms with van der Waals surface area (Å²) in [4.78, 5) is 0. The van der Waals surface area contributed by atoms with Crippen molar-refractivity contribution in [1.29, 1.82) is 0 Å². The Labute approximate surface area is 134 Å². The second kappa shape index (κ2) is 11.7. The van der Waals surface area contributed by atoms with Gasteiger partial charge in [0.15, 0.2) is 6.29 Å². The minimum atomic E-state index is -0.786. The minimum Gasteiger partial charge on any atom is -0.353 e. The van der Waals surface area contributed by atoms with Crippen LogP contribution in [0, 0.1) is 0 Å². The molecule has 0 aromatic carbocycles. The molecule has 0 saturated carbocycles. The molecule has 1 heterocycles. The van der Waals surface area contributed by atoms with Crippen molar-refractivity contribution in [2.45, 2.75) is 103 Å². The molecule has 3 heteroatoms. The topological polar surface area (TPSA) is 18.5 Å². The summed E-state index contributed by atoms with van der Waals surface area (Å²) in [5, 5.41) is 0. The Hall–Kier alpha value is 0.137. The Morgan fingerprint density at radius 1 is 0.857 bits per heavy atom. The first-order chi connectivity index (χ1) is 10.1. The number of rotatable bonds is 12. The van der Waals surface area contributed by atoms with E-state index in [1.165, 1.54) is 70.3 Å². The zero-order chi connectivity index (χ0) is 15.4. The standard InChI is InChI=1S/C18H38O2Si/c1-21(2,3)17-13-9-7-5-4-6-8-11-15-19-18-14-10-12-16-20-18/h18H,4-17H2,1-3H3. The van der Waals surface area contributed by atoms with Gasteiger partial charge in [0.1, 0.15) is 0 Å².